The van der Waals surface area contributed by atoms with Gasteiger partial charge in [0.25, 0.3) is 0 Å². The Kier molecular flexibility index (Phi) is 4.39. The van der Waals surface area contributed by atoms with Crippen LogP contribution in [-0.2, 0) is 9.84 Å². The van der Waals surface area contributed by atoms with Crippen LogP contribution in [0.4, 0.5) is 0 Å². The first-order valence-corrected chi connectivity index (χ1v) is 9.49. The first kappa shape index (κ1) is 16.6. The number of benzene rings is 2. The van der Waals surface area contributed by atoms with Crippen LogP contribution >= 0.6 is 11.6 Å². The van der Waals surface area contributed by atoms with E-state index in [1.165, 1.54) is 6.26 Å². The van der Waals surface area contributed by atoms with Crippen LogP contribution in [0.15, 0.2) is 65.7 Å². The zero-order valence-electron chi connectivity index (χ0n) is 13.2. The zero-order chi connectivity index (χ0) is 17.3. The highest BCUT2D eigenvalue weighted by molar-refractivity contribution is 7.90. The normalized spacial score (nSPS) is 11.5. The molecule has 24 heavy (non-hydrogen) atoms. The molecule has 1 heterocycles. The van der Waals surface area contributed by atoms with Gasteiger partial charge < -0.3 is 9.30 Å². The predicted molar refractivity (Wildman–Crippen MR) is 95.9 cm³/mol. The molecule has 0 fully saturated rings. The summed E-state index contributed by atoms with van der Waals surface area (Å²) in [7, 11) is -1.63. The molecule has 0 saturated carbocycles. The first-order valence-electron chi connectivity index (χ1n) is 7.22. The summed E-state index contributed by atoms with van der Waals surface area (Å²) in [4.78, 5) is 0.303. The lowest BCUT2D eigenvalue weighted by Gasteiger charge is -2.12. The van der Waals surface area contributed by atoms with Crippen LogP contribution in [0, 0.1) is 0 Å². The third-order valence-electron chi connectivity index (χ3n) is 3.74. The molecule has 3 aromatic rings. The Labute approximate surface area is 146 Å². The molecule has 0 atom stereocenters. The maximum atomic E-state index is 11.6. The highest BCUT2D eigenvalue weighted by atomic mass is 35.5. The van der Waals surface area contributed by atoms with Gasteiger partial charge in [0.15, 0.2) is 9.84 Å². The third-order valence-corrected chi connectivity index (χ3v) is 5.16. The highest BCUT2D eigenvalue weighted by Crippen LogP contribution is 2.30. The lowest BCUT2D eigenvalue weighted by atomic mass is 10.1. The Hall–Kier alpha value is -2.24. The molecule has 0 spiro atoms. The van der Waals surface area contributed by atoms with E-state index in [1.807, 2.05) is 41.1 Å². The van der Waals surface area contributed by atoms with Crippen molar-refractivity contribution in [3.05, 3.63) is 65.8 Å². The molecule has 0 aliphatic heterocycles. The van der Waals surface area contributed by atoms with E-state index in [0.29, 0.717) is 15.7 Å². The summed E-state index contributed by atoms with van der Waals surface area (Å²) in [6.07, 6.45) is 3.13. The van der Waals surface area contributed by atoms with E-state index in [-0.39, 0.29) is 0 Å². The van der Waals surface area contributed by atoms with Crippen molar-refractivity contribution in [2.45, 2.75) is 4.90 Å². The number of methoxy groups -OCH3 is 1. The molecule has 0 radical (unpaired) electrons. The lowest BCUT2D eigenvalue weighted by molar-refractivity contribution is 0.415. The molecule has 0 N–H and O–H groups in total. The summed E-state index contributed by atoms with van der Waals surface area (Å²) in [6.45, 7) is 0. The Bertz CT molecular complexity index is 976. The summed E-state index contributed by atoms with van der Waals surface area (Å²) >= 11 is 6.21. The highest BCUT2D eigenvalue weighted by Gasteiger charge is 2.11. The molecule has 0 bridgehead atoms. The van der Waals surface area contributed by atoms with Crippen LogP contribution in [0.5, 0.6) is 5.75 Å². The van der Waals surface area contributed by atoms with Crippen molar-refractivity contribution in [2.75, 3.05) is 13.4 Å². The Balaban J connectivity index is 2.03. The van der Waals surface area contributed by atoms with Gasteiger partial charge in [-0.05, 0) is 48.0 Å². The second-order valence-corrected chi connectivity index (χ2v) is 7.80. The van der Waals surface area contributed by atoms with Gasteiger partial charge in [0, 0.05) is 18.1 Å². The van der Waals surface area contributed by atoms with Gasteiger partial charge in [-0.25, -0.2) is 8.42 Å². The van der Waals surface area contributed by atoms with Crippen molar-refractivity contribution >= 4 is 21.4 Å². The number of aromatic nitrogens is 1. The first-order chi connectivity index (χ1) is 11.4. The summed E-state index contributed by atoms with van der Waals surface area (Å²) in [5.41, 5.74) is 2.75. The number of nitrogens with zero attached hydrogens (tertiary/aromatic N) is 1. The van der Waals surface area contributed by atoms with Gasteiger partial charge in [0.05, 0.1) is 22.7 Å². The molecule has 3 rings (SSSR count). The van der Waals surface area contributed by atoms with Gasteiger partial charge in [0.1, 0.15) is 5.75 Å². The van der Waals surface area contributed by atoms with Gasteiger partial charge in [-0.2, -0.15) is 0 Å². The minimum Gasteiger partial charge on any atom is -0.495 e. The SMILES string of the molecule is COc1ccc(-n2cccc2-c2ccc(S(C)(=O)=O)cc2)cc1Cl. The van der Waals surface area contributed by atoms with Crippen molar-refractivity contribution in [3.8, 4) is 22.7 Å². The van der Waals surface area contributed by atoms with Crippen LogP contribution in [0.25, 0.3) is 16.9 Å². The fourth-order valence-corrected chi connectivity index (χ4v) is 3.40. The van der Waals surface area contributed by atoms with E-state index in [4.69, 9.17) is 16.3 Å². The van der Waals surface area contributed by atoms with E-state index < -0.39 is 9.84 Å². The maximum Gasteiger partial charge on any atom is 0.175 e. The fraction of sp³-hybridized carbons (Fsp3) is 0.111. The van der Waals surface area contributed by atoms with E-state index in [1.54, 1.807) is 31.4 Å². The molecule has 0 saturated heterocycles. The van der Waals surface area contributed by atoms with Gasteiger partial charge in [0.2, 0.25) is 0 Å². The average molecular weight is 362 g/mol. The molecule has 0 amide bonds. The molecular formula is C18H16ClNO3S. The van der Waals surface area contributed by atoms with Crippen molar-refractivity contribution < 1.29 is 13.2 Å². The topological polar surface area (TPSA) is 48.3 Å². The largest absolute Gasteiger partial charge is 0.495 e. The molecule has 6 heteroatoms. The molecule has 124 valence electrons. The predicted octanol–water partition coefficient (Wildman–Crippen LogP) is 4.21. The minimum absolute atomic E-state index is 0.303. The van der Waals surface area contributed by atoms with Crippen LogP contribution in [-0.4, -0.2) is 26.4 Å². The molecular weight excluding hydrogens is 346 g/mol. The van der Waals surface area contributed by atoms with Crippen LogP contribution < -0.4 is 4.74 Å². The zero-order valence-corrected chi connectivity index (χ0v) is 14.8. The van der Waals surface area contributed by atoms with E-state index in [9.17, 15) is 8.42 Å². The minimum atomic E-state index is -3.20. The van der Waals surface area contributed by atoms with Gasteiger partial charge >= 0.3 is 0 Å². The van der Waals surface area contributed by atoms with Crippen LogP contribution in [0.2, 0.25) is 5.02 Å². The molecule has 0 aliphatic carbocycles. The molecule has 4 nitrogen and oxygen atoms in total. The smallest absolute Gasteiger partial charge is 0.175 e. The van der Waals surface area contributed by atoms with Gasteiger partial charge in [-0.1, -0.05) is 23.7 Å². The van der Waals surface area contributed by atoms with Crippen molar-refractivity contribution in [2.24, 2.45) is 0 Å². The summed E-state index contributed by atoms with van der Waals surface area (Å²) < 4.78 is 30.3. The fourth-order valence-electron chi connectivity index (χ4n) is 2.52. The Morgan fingerprint density at radius 2 is 1.75 bits per heavy atom. The maximum absolute atomic E-state index is 11.6. The molecule has 1 aromatic heterocycles. The molecule has 0 unspecified atom stereocenters. The second-order valence-electron chi connectivity index (χ2n) is 5.38. The van der Waals surface area contributed by atoms with E-state index >= 15 is 0 Å². The standard InChI is InChI=1S/C18H16ClNO3S/c1-23-18-10-7-14(12-16(18)19)20-11-3-4-17(20)13-5-8-15(9-6-13)24(2,21)22/h3-12H,1-2H3. The molecule has 0 aliphatic rings. The number of rotatable bonds is 4. The number of hydrogen-bond donors (Lipinski definition) is 0. The van der Waals surface area contributed by atoms with Crippen molar-refractivity contribution in [1.29, 1.82) is 0 Å². The van der Waals surface area contributed by atoms with E-state index in [2.05, 4.69) is 0 Å². The Morgan fingerprint density at radius 3 is 2.33 bits per heavy atom. The lowest BCUT2D eigenvalue weighted by Crippen LogP contribution is -1.98. The number of ether oxygens (including phenoxy) is 1. The van der Waals surface area contributed by atoms with Crippen molar-refractivity contribution in [1.82, 2.24) is 4.57 Å². The van der Waals surface area contributed by atoms with E-state index in [0.717, 1.165) is 16.9 Å². The summed E-state index contributed by atoms with van der Waals surface area (Å²) in [6, 6.07) is 16.3. The van der Waals surface area contributed by atoms with Crippen LogP contribution in [0.3, 0.4) is 0 Å². The number of halogens is 1. The third kappa shape index (κ3) is 3.18. The van der Waals surface area contributed by atoms with Crippen molar-refractivity contribution in [3.63, 3.8) is 0 Å². The molecule has 2 aromatic carbocycles. The van der Waals surface area contributed by atoms with Crippen LogP contribution in [0.1, 0.15) is 0 Å². The van der Waals surface area contributed by atoms with Gasteiger partial charge in [-0.15, -0.1) is 0 Å². The second kappa shape index (κ2) is 6.34. The monoisotopic (exact) mass is 361 g/mol. The number of hydrogen-bond acceptors (Lipinski definition) is 3. The Morgan fingerprint density at radius 1 is 1.04 bits per heavy atom. The summed E-state index contributed by atoms with van der Waals surface area (Å²) in [5, 5.41) is 0.530. The quantitative estimate of drug-likeness (QED) is 0.699. The number of sulfone groups is 1. The van der Waals surface area contributed by atoms with Gasteiger partial charge in [-0.3, -0.25) is 0 Å². The summed E-state index contributed by atoms with van der Waals surface area (Å²) in [5.74, 6) is 0.617. The average Bonchev–Trinajstić information content (AvgIpc) is 3.03.